The van der Waals surface area contributed by atoms with E-state index < -0.39 is 0 Å². The maximum atomic E-state index is 5.64. The SMILES string of the molecule is C=CC(/C=C/CC(=S)c1ccccc1)=C\C=C\C1C=C2C(=CC1)N(c1ccccc1)C1C=CC(c3ccc(-c4ccc(-c5ccccc5)s4)cc3)=CC21. The van der Waals surface area contributed by atoms with E-state index in [0.29, 0.717) is 5.92 Å². The molecule has 53 heavy (non-hydrogen) atoms. The van der Waals surface area contributed by atoms with Crippen LogP contribution in [0, 0.1) is 11.8 Å². The summed E-state index contributed by atoms with van der Waals surface area (Å²) in [5, 5.41) is 0. The van der Waals surface area contributed by atoms with E-state index >= 15 is 0 Å². The van der Waals surface area contributed by atoms with E-state index in [2.05, 4.69) is 181 Å². The highest BCUT2D eigenvalue weighted by Gasteiger charge is 2.42. The van der Waals surface area contributed by atoms with Gasteiger partial charge in [-0.3, -0.25) is 0 Å². The van der Waals surface area contributed by atoms with Crippen LogP contribution in [-0.4, -0.2) is 10.9 Å². The van der Waals surface area contributed by atoms with Crippen molar-refractivity contribution in [3.63, 3.8) is 0 Å². The Morgan fingerprint density at radius 1 is 0.774 bits per heavy atom. The van der Waals surface area contributed by atoms with Crippen LogP contribution in [0.4, 0.5) is 5.69 Å². The lowest BCUT2D eigenvalue weighted by molar-refractivity contribution is 0.700. The van der Waals surface area contributed by atoms with Crippen LogP contribution in [-0.2, 0) is 0 Å². The molecule has 0 bridgehead atoms. The average Bonchev–Trinajstić information content (AvgIpc) is 3.85. The van der Waals surface area contributed by atoms with Crippen molar-refractivity contribution in [3.05, 3.63) is 229 Å². The van der Waals surface area contributed by atoms with Crippen molar-refractivity contribution >= 4 is 39.7 Å². The number of anilines is 1. The third-order valence-corrected chi connectivity index (χ3v) is 11.8. The van der Waals surface area contributed by atoms with Gasteiger partial charge in [-0.25, -0.2) is 0 Å². The lowest BCUT2D eigenvalue weighted by Gasteiger charge is -2.29. The summed E-state index contributed by atoms with van der Waals surface area (Å²) in [6.45, 7) is 4.05. The molecule has 1 aliphatic heterocycles. The van der Waals surface area contributed by atoms with E-state index in [9.17, 15) is 0 Å². The highest BCUT2D eigenvalue weighted by molar-refractivity contribution is 7.80. The van der Waals surface area contributed by atoms with E-state index in [1.807, 2.05) is 35.6 Å². The van der Waals surface area contributed by atoms with Crippen LogP contribution in [0.1, 0.15) is 24.0 Å². The second kappa shape index (κ2) is 16.0. The zero-order chi connectivity index (χ0) is 36.0. The Morgan fingerprint density at radius 2 is 1.43 bits per heavy atom. The van der Waals surface area contributed by atoms with E-state index in [0.717, 1.165) is 28.8 Å². The summed E-state index contributed by atoms with van der Waals surface area (Å²) in [6, 6.07) is 45.5. The number of thiophene rings is 1. The van der Waals surface area contributed by atoms with Crippen molar-refractivity contribution in [1.29, 1.82) is 0 Å². The third kappa shape index (κ3) is 7.64. The molecule has 258 valence electrons. The Kier molecular flexibility index (Phi) is 10.4. The number of hydrogen-bond acceptors (Lipinski definition) is 3. The van der Waals surface area contributed by atoms with Gasteiger partial charge in [-0.2, -0.15) is 0 Å². The lowest BCUT2D eigenvalue weighted by atomic mass is 9.82. The van der Waals surface area contributed by atoms with Crippen molar-refractivity contribution in [2.24, 2.45) is 11.8 Å². The highest BCUT2D eigenvalue weighted by Crippen LogP contribution is 2.48. The first-order chi connectivity index (χ1) is 26.1. The fraction of sp³-hybridized carbons (Fsp3) is 0.100. The molecule has 0 spiro atoms. The van der Waals surface area contributed by atoms with Crippen LogP contribution >= 0.6 is 23.6 Å². The topological polar surface area (TPSA) is 3.24 Å². The molecular weight excluding hydrogens is 679 g/mol. The van der Waals surface area contributed by atoms with Crippen molar-refractivity contribution in [1.82, 2.24) is 0 Å². The molecular formula is C50H41NS2. The van der Waals surface area contributed by atoms with Gasteiger partial charge in [0, 0.05) is 38.3 Å². The number of benzene rings is 4. The molecule has 0 N–H and O–H groups in total. The van der Waals surface area contributed by atoms with E-state index in [4.69, 9.17) is 12.2 Å². The second-order valence-electron chi connectivity index (χ2n) is 13.6. The van der Waals surface area contributed by atoms with Crippen molar-refractivity contribution in [3.8, 4) is 20.9 Å². The predicted molar refractivity (Wildman–Crippen MR) is 232 cm³/mol. The second-order valence-corrected chi connectivity index (χ2v) is 15.1. The molecule has 1 saturated heterocycles. The number of allylic oxidation sites excluding steroid dienone is 12. The molecule has 0 amide bonds. The molecule has 1 nitrogen and oxygen atoms in total. The summed E-state index contributed by atoms with van der Waals surface area (Å²) < 4.78 is 0. The Balaban J connectivity index is 1.02. The minimum absolute atomic E-state index is 0.238. The number of fused-ring (bicyclic) bond motifs is 3. The molecule has 3 aliphatic rings. The predicted octanol–water partition coefficient (Wildman–Crippen LogP) is 13.4. The molecule has 4 aromatic carbocycles. The van der Waals surface area contributed by atoms with Gasteiger partial charge in [0.25, 0.3) is 0 Å². The first kappa shape index (κ1) is 34.5. The summed E-state index contributed by atoms with van der Waals surface area (Å²) in [7, 11) is 0. The van der Waals surface area contributed by atoms with Crippen LogP contribution in [0.3, 0.4) is 0 Å². The smallest absolute Gasteiger partial charge is 0.0629 e. The first-order valence-corrected chi connectivity index (χ1v) is 19.6. The summed E-state index contributed by atoms with van der Waals surface area (Å²) in [5.74, 6) is 0.578. The molecule has 2 aliphatic carbocycles. The molecule has 8 rings (SSSR count). The van der Waals surface area contributed by atoms with Crippen molar-refractivity contribution < 1.29 is 0 Å². The Hall–Kier alpha value is -5.61. The fourth-order valence-electron chi connectivity index (χ4n) is 7.47. The standard InChI is InChI=1S/C50H41NS2/c1-2-36(15-13-23-48(52)39-17-6-3-7-18-39)14-12-16-37-24-30-46-44(34-37)45-35-42(29-31-47(45)51(46)43-21-10-5-11-22-43)38-25-27-41(28-26-38)50-33-32-49(53-50)40-19-8-4-9-20-40/h2-22,25-35,37,45,47H,1,23-24H2/b15-13+,16-12+,36-14+. The van der Waals surface area contributed by atoms with Crippen LogP contribution in [0.5, 0.6) is 0 Å². The van der Waals surface area contributed by atoms with Gasteiger partial charge >= 0.3 is 0 Å². The van der Waals surface area contributed by atoms with Crippen LogP contribution in [0.15, 0.2) is 218 Å². The summed E-state index contributed by atoms with van der Waals surface area (Å²) in [5.41, 5.74) is 11.2. The highest BCUT2D eigenvalue weighted by atomic mass is 32.1. The molecule has 0 radical (unpaired) electrons. The molecule has 2 heterocycles. The van der Waals surface area contributed by atoms with Gasteiger partial charge < -0.3 is 4.90 Å². The lowest BCUT2D eigenvalue weighted by Crippen LogP contribution is -2.30. The van der Waals surface area contributed by atoms with Gasteiger partial charge in [0.2, 0.25) is 0 Å². The minimum atomic E-state index is 0.238. The minimum Gasteiger partial charge on any atom is -0.334 e. The largest absolute Gasteiger partial charge is 0.334 e. The molecule has 1 aromatic heterocycles. The van der Waals surface area contributed by atoms with E-state index in [1.54, 1.807) is 0 Å². The van der Waals surface area contributed by atoms with Crippen LogP contribution in [0.25, 0.3) is 26.5 Å². The third-order valence-electron chi connectivity index (χ3n) is 10.2. The maximum Gasteiger partial charge on any atom is 0.0629 e. The van der Waals surface area contributed by atoms with Crippen molar-refractivity contribution in [2.45, 2.75) is 18.9 Å². The van der Waals surface area contributed by atoms with E-state index in [1.165, 1.54) is 49.0 Å². The van der Waals surface area contributed by atoms with Crippen LogP contribution < -0.4 is 4.90 Å². The number of hydrogen-bond donors (Lipinski definition) is 0. The molecule has 5 aromatic rings. The molecule has 3 heteroatoms. The average molecular weight is 720 g/mol. The van der Waals surface area contributed by atoms with Gasteiger partial charge in [0.1, 0.15) is 0 Å². The van der Waals surface area contributed by atoms with E-state index in [-0.39, 0.29) is 12.0 Å². The Bertz CT molecular complexity index is 2310. The monoisotopic (exact) mass is 719 g/mol. The summed E-state index contributed by atoms with van der Waals surface area (Å²) in [4.78, 5) is 6.06. The number of rotatable bonds is 11. The van der Waals surface area contributed by atoms with Gasteiger partial charge in [-0.15, -0.1) is 11.3 Å². The summed E-state index contributed by atoms with van der Waals surface area (Å²) in [6.07, 6.45) is 26.6. The number of thiocarbonyl (C=S) groups is 1. The Morgan fingerprint density at radius 3 is 2.15 bits per heavy atom. The van der Waals surface area contributed by atoms with Gasteiger partial charge in [0.15, 0.2) is 0 Å². The normalized spacial score (nSPS) is 19.5. The zero-order valence-electron chi connectivity index (χ0n) is 29.6. The van der Waals surface area contributed by atoms with Gasteiger partial charge in [-0.05, 0) is 75.6 Å². The molecule has 3 atom stereocenters. The van der Waals surface area contributed by atoms with Crippen molar-refractivity contribution in [2.75, 3.05) is 4.90 Å². The maximum absolute atomic E-state index is 5.64. The zero-order valence-corrected chi connectivity index (χ0v) is 31.2. The van der Waals surface area contributed by atoms with Crippen LogP contribution in [0.2, 0.25) is 0 Å². The summed E-state index contributed by atoms with van der Waals surface area (Å²) >= 11 is 7.48. The number of nitrogens with zero attached hydrogens (tertiary/aromatic N) is 1. The quantitative estimate of drug-likeness (QED) is 0.0760. The molecule has 0 saturated carbocycles. The Labute approximate surface area is 323 Å². The van der Waals surface area contributed by atoms with Gasteiger partial charge in [-0.1, -0.05) is 189 Å². The molecule has 1 fully saturated rings. The first-order valence-electron chi connectivity index (χ1n) is 18.3. The number of para-hydroxylation sites is 1. The van der Waals surface area contributed by atoms with Gasteiger partial charge in [0.05, 0.1) is 6.04 Å². The fourth-order valence-corrected chi connectivity index (χ4v) is 8.72. The molecule has 3 unspecified atom stereocenters.